The molecule has 0 saturated carbocycles. The molecule has 4 heteroatoms. The van der Waals surface area contributed by atoms with Gasteiger partial charge >= 0.3 is 0 Å². The van der Waals surface area contributed by atoms with Gasteiger partial charge in [-0.1, -0.05) is 18.5 Å². The number of halogens is 2. The van der Waals surface area contributed by atoms with E-state index in [1.165, 1.54) is 6.07 Å². The van der Waals surface area contributed by atoms with Crippen molar-refractivity contribution in [2.45, 2.75) is 19.4 Å². The highest BCUT2D eigenvalue weighted by atomic mass is 35.5. The minimum atomic E-state index is -0.268. The summed E-state index contributed by atoms with van der Waals surface area (Å²) in [6, 6.07) is 5.28. The van der Waals surface area contributed by atoms with Crippen LogP contribution in [-0.4, -0.2) is 26.2 Å². The first kappa shape index (κ1) is 12.7. The zero-order valence-corrected chi connectivity index (χ0v) is 11.0. The Kier molecular flexibility index (Phi) is 3.89. The standard InChI is InChI=1S/C13H18ClFN2/c1-9-8-17(4-3-13(9)16-2)12-6-10(14)5-11(15)7-12/h5-7,9,13,16H,3-4,8H2,1-2H3. The molecule has 1 aromatic rings. The lowest BCUT2D eigenvalue weighted by Gasteiger charge is -2.38. The van der Waals surface area contributed by atoms with Crippen LogP contribution in [0, 0.1) is 11.7 Å². The third kappa shape index (κ3) is 2.90. The van der Waals surface area contributed by atoms with Gasteiger partial charge in [0.15, 0.2) is 0 Å². The first-order valence-corrected chi connectivity index (χ1v) is 6.36. The van der Waals surface area contributed by atoms with Crippen LogP contribution in [0.2, 0.25) is 5.02 Å². The van der Waals surface area contributed by atoms with Crippen molar-refractivity contribution in [3.63, 3.8) is 0 Å². The molecule has 1 saturated heterocycles. The van der Waals surface area contributed by atoms with Crippen molar-refractivity contribution >= 4 is 17.3 Å². The van der Waals surface area contributed by atoms with Crippen LogP contribution in [0.15, 0.2) is 18.2 Å². The number of piperidine rings is 1. The van der Waals surface area contributed by atoms with Gasteiger partial charge in [-0.2, -0.15) is 0 Å². The monoisotopic (exact) mass is 256 g/mol. The molecule has 0 radical (unpaired) electrons. The van der Waals surface area contributed by atoms with Gasteiger partial charge in [-0.05, 0) is 37.6 Å². The Bertz CT molecular complexity index is 377. The lowest BCUT2D eigenvalue weighted by atomic mass is 9.93. The topological polar surface area (TPSA) is 15.3 Å². The predicted molar refractivity (Wildman–Crippen MR) is 70.3 cm³/mol. The number of nitrogens with one attached hydrogen (secondary N) is 1. The lowest BCUT2D eigenvalue weighted by Crippen LogP contribution is -2.47. The van der Waals surface area contributed by atoms with Gasteiger partial charge in [-0.3, -0.25) is 0 Å². The highest BCUT2D eigenvalue weighted by Crippen LogP contribution is 2.26. The Morgan fingerprint density at radius 2 is 2.18 bits per heavy atom. The Labute approximate surface area is 107 Å². The summed E-state index contributed by atoms with van der Waals surface area (Å²) in [6.07, 6.45) is 1.08. The van der Waals surface area contributed by atoms with Crippen molar-refractivity contribution < 1.29 is 4.39 Å². The molecule has 0 amide bonds. The molecule has 0 spiro atoms. The molecule has 94 valence electrons. The van der Waals surface area contributed by atoms with Crippen molar-refractivity contribution in [2.24, 2.45) is 5.92 Å². The predicted octanol–water partition coefficient (Wildman–Crippen LogP) is 2.91. The number of benzene rings is 1. The van der Waals surface area contributed by atoms with Crippen LogP contribution in [0.1, 0.15) is 13.3 Å². The maximum Gasteiger partial charge on any atom is 0.126 e. The fourth-order valence-corrected chi connectivity index (χ4v) is 2.75. The van der Waals surface area contributed by atoms with Gasteiger partial charge in [0.1, 0.15) is 5.82 Å². The number of nitrogens with zero attached hydrogens (tertiary/aromatic N) is 1. The molecule has 2 nitrogen and oxygen atoms in total. The SMILES string of the molecule is CNC1CCN(c2cc(F)cc(Cl)c2)CC1C. The van der Waals surface area contributed by atoms with Crippen molar-refractivity contribution in [1.29, 1.82) is 0 Å². The molecule has 17 heavy (non-hydrogen) atoms. The van der Waals surface area contributed by atoms with Crippen LogP contribution in [0.25, 0.3) is 0 Å². The van der Waals surface area contributed by atoms with Crippen LogP contribution in [-0.2, 0) is 0 Å². The zero-order chi connectivity index (χ0) is 12.4. The first-order chi connectivity index (χ1) is 8.10. The van der Waals surface area contributed by atoms with Crippen LogP contribution < -0.4 is 10.2 Å². The van der Waals surface area contributed by atoms with Gasteiger partial charge in [0.05, 0.1) is 0 Å². The van der Waals surface area contributed by atoms with E-state index in [2.05, 4.69) is 17.1 Å². The molecule has 1 aliphatic rings. The maximum atomic E-state index is 13.3. The lowest BCUT2D eigenvalue weighted by molar-refractivity contribution is 0.339. The highest BCUT2D eigenvalue weighted by Gasteiger charge is 2.25. The number of rotatable bonds is 2. The van der Waals surface area contributed by atoms with Gasteiger partial charge in [0, 0.05) is 29.8 Å². The molecule has 0 aliphatic carbocycles. The fraction of sp³-hybridized carbons (Fsp3) is 0.538. The van der Waals surface area contributed by atoms with Gasteiger partial charge in [0.25, 0.3) is 0 Å². The molecule has 2 unspecified atom stereocenters. The normalized spacial score (nSPS) is 25.1. The summed E-state index contributed by atoms with van der Waals surface area (Å²) in [7, 11) is 2.00. The van der Waals surface area contributed by atoms with Gasteiger partial charge in [-0.15, -0.1) is 0 Å². The quantitative estimate of drug-likeness (QED) is 0.875. The average Bonchev–Trinajstić information content (AvgIpc) is 2.27. The third-order valence-electron chi connectivity index (χ3n) is 3.49. The molecular formula is C13H18ClFN2. The van der Waals surface area contributed by atoms with Crippen LogP contribution in [0.3, 0.4) is 0 Å². The van der Waals surface area contributed by atoms with Gasteiger partial charge < -0.3 is 10.2 Å². The Hall–Kier alpha value is -0.800. The summed E-state index contributed by atoms with van der Waals surface area (Å²) in [5.74, 6) is 0.284. The fourth-order valence-electron chi connectivity index (χ4n) is 2.53. The third-order valence-corrected chi connectivity index (χ3v) is 3.71. The van der Waals surface area contributed by atoms with E-state index in [0.717, 1.165) is 25.2 Å². The number of anilines is 1. The molecule has 1 N–H and O–H groups in total. The van der Waals surface area contributed by atoms with E-state index in [4.69, 9.17) is 11.6 Å². The second kappa shape index (κ2) is 5.23. The largest absolute Gasteiger partial charge is 0.371 e. The molecule has 1 aliphatic heterocycles. The van der Waals surface area contributed by atoms with Crippen molar-refractivity contribution in [2.75, 3.05) is 25.0 Å². The summed E-state index contributed by atoms with van der Waals surface area (Å²) in [4.78, 5) is 2.20. The summed E-state index contributed by atoms with van der Waals surface area (Å²) >= 11 is 5.88. The minimum absolute atomic E-state index is 0.268. The Morgan fingerprint density at radius 1 is 1.41 bits per heavy atom. The van der Waals surface area contributed by atoms with E-state index in [0.29, 0.717) is 17.0 Å². The second-order valence-electron chi connectivity index (χ2n) is 4.73. The zero-order valence-electron chi connectivity index (χ0n) is 10.2. The molecule has 1 aromatic carbocycles. The Balaban J connectivity index is 2.13. The van der Waals surface area contributed by atoms with E-state index in [-0.39, 0.29) is 5.82 Å². The van der Waals surface area contributed by atoms with Crippen molar-refractivity contribution in [3.8, 4) is 0 Å². The number of hydrogen-bond donors (Lipinski definition) is 1. The van der Waals surface area contributed by atoms with E-state index >= 15 is 0 Å². The van der Waals surface area contributed by atoms with E-state index in [9.17, 15) is 4.39 Å². The van der Waals surface area contributed by atoms with E-state index in [1.54, 1.807) is 6.07 Å². The van der Waals surface area contributed by atoms with Crippen LogP contribution in [0.5, 0.6) is 0 Å². The van der Waals surface area contributed by atoms with E-state index in [1.807, 2.05) is 13.1 Å². The number of hydrogen-bond acceptors (Lipinski definition) is 2. The Morgan fingerprint density at radius 3 is 2.76 bits per heavy atom. The van der Waals surface area contributed by atoms with E-state index < -0.39 is 0 Å². The van der Waals surface area contributed by atoms with Crippen LogP contribution in [0.4, 0.5) is 10.1 Å². The maximum absolute atomic E-state index is 13.3. The van der Waals surface area contributed by atoms with Crippen molar-refractivity contribution in [3.05, 3.63) is 29.0 Å². The molecule has 1 fully saturated rings. The smallest absolute Gasteiger partial charge is 0.126 e. The second-order valence-corrected chi connectivity index (χ2v) is 5.17. The average molecular weight is 257 g/mol. The molecule has 2 rings (SSSR count). The highest BCUT2D eigenvalue weighted by molar-refractivity contribution is 6.30. The summed E-state index contributed by atoms with van der Waals surface area (Å²) in [5, 5.41) is 3.78. The molecule has 0 aromatic heterocycles. The molecule has 2 atom stereocenters. The molecular weight excluding hydrogens is 239 g/mol. The molecule has 1 heterocycles. The summed E-state index contributed by atoms with van der Waals surface area (Å²) in [6.45, 7) is 4.09. The summed E-state index contributed by atoms with van der Waals surface area (Å²) in [5.41, 5.74) is 0.886. The molecule has 0 bridgehead atoms. The van der Waals surface area contributed by atoms with Crippen molar-refractivity contribution in [1.82, 2.24) is 5.32 Å². The van der Waals surface area contributed by atoms with Gasteiger partial charge in [-0.25, -0.2) is 4.39 Å². The first-order valence-electron chi connectivity index (χ1n) is 5.98. The minimum Gasteiger partial charge on any atom is -0.371 e. The summed E-state index contributed by atoms with van der Waals surface area (Å²) < 4.78 is 13.3. The van der Waals surface area contributed by atoms with Crippen LogP contribution >= 0.6 is 11.6 Å². The van der Waals surface area contributed by atoms with Gasteiger partial charge in [0.2, 0.25) is 0 Å².